The molecule has 0 aliphatic heterocycles. The van der Waals surface area contributed by atoms with E-state index in [4.69, 9.17) is 5.11 Å². The summed E-state index contributed by atoms with van der Waals surface area (Å²) < 4.78 is 0. The summed E-state index contributed by atoms with van der Waals surface area (Å²) in [6, 6.07) is 1.37. The largest absolute Gasteiger partial charge is 0.478 e. The summed E-state index contributed by atoms with van der Waals surface area (Å²) >= 11 is 1.52. The van der Waals surface area contributed by atoms with E-state index >= 15 is 0 Å². The number of anilines is 1. The second-order valence-corrected chi connectivity index (χ2v) is 4.50. The van der Waals surface area contributed by atoms with Gasteiger partial charge in [-0.05, 0) is 12.5 Å². The molecule has 94 valence electrons. The number of thiazole rings is 1. The Morgan fingerprint density at radius 2 is 2.39 bits per heavy atom. The van der Waals surface area contributed by atoms with Crippen LogP contribution in [0.5, 0.6) is 0 Å². The third kappa shape index (κ3) is 2.62. The van der Waals surface area contributed by atoms with Crippen molar-refractivity contribution in [2.24, 2.45) is 0 Å². The van der Waals surface area contributed by atoms with Gasteiger partial charge in [-0.25, -0.2) is 9.78 Å². The van der Waals surface area contributed by atoms with Gasteiger partial charge >= 0.3 is 5.97 Å². The summed E-state index contributed by atoms with van der Waals surface area (Å²) in [6.45, 7) is 2.00. The van der Waals surface area contributed by atoms with Crippen LogP contribution >= 0.6 is 11.3 Å². The van der Waals surface area contributed by atoms with Gasteiger partial charge in [-0.3, -0.25) is 0 Å². The van der Waals surface area contributed by atoms with Crippen molar-refractivity contribution in [3.8, 4) is 0 Å². The van der Waals surface area contributed by atoms with Crippen molar-refractivity contribution in [1.82, 2.24) is 15.2 Å². The summed E-state index contributed by atoms with van der Waals surface area (Å²) in [4.78, 5) is 15.3. The van der Waals surface area contributed by atoms with Crippen molar-refractivity contribution in [2.75, 3.05) is 5.32 Å². The maximum Gasteiger partial charge on any atom is 0.339 e. The minimum atomic E-state index is -1.03. The fourth-order valence-electron chi connectivity index (χ4n) is 1.52. The first-order valence-corrected chi connectivity index (χ1v) is 6.31. The first-order valence-electron chi connectivity index (χ1n) is 5.43. The molecule has 0 bridgehead atoms. The standard InChI is InChI=1S/C11H12N4O2S/c1-2-8(10-12-5-6-18-10)14-9-7(11(16)17)3-4-13-15-9/h3-6,8H,2H2,1H3,(H,14,15)(H,16,17). The monoisotopic (exact) mass is 264 g/mol. The highest BCUT2D eigenvalue weighted by Crippen LogP contribution is 2.24. The van der Waals surface area contributed by atoms with E-state index in [2.05, 4.69) is 20.5 Å². The number of hydrogen-bond acceptors (Lipinski definition) is 6. The quantitative estimate of drug-likeness (QED) is 0.860. The molecule has 0 amide bonds. The highest BCUT2D eigenvalue weighted by atomic mass is 32.1. The van der Waals surface area contributed by atoms with Gasteiger partial charge in [-0.1, -0.05) is 6.92 Å². The molecule has 2 rings (SSSR count). The van der Waals surface area contributed by atoms with Crippen molar-refractivity contribution in [3.05, 3.63) is 34.4 Å². The van der Waals surface area contributed by atoms with Gasteiger partial charge in [0.25, 0.3) is 0 Å². The molecule has 2 N–H and O–H groups in total. The average molecular weight is 264 g/mol. The van der Waals surface area contributed by atoms with Gasteiger partial charge in [0.15, 0.2) is 5.82 Å². The number of aromatic carboxylic acids is 1. The summed E-state index contributed by atoms with van der Waals surface area (Å²) in [7, 11) is 0. The summed E-state index contributed by atoms with van der Waals surface area (Å²) in [5.41, 5.74) is 0.111. The lowest BCUT2D eigenvalue weighted by molar-refractivity contribution is 0.0697. The van der Waals surface area contributed by atoms with E-state index in [1.165, 1.54) is 23.6 Å². The number of carboxylic acids is 1. The van der Waals surface area contributed by atoms with Gasteiger partial charge in [-0.15, -0.1) is 16.4 Å². The molecule has 1 atom stereocenters. The number of nitrogens with one attached hydrogen (secondary N) is 1. The smallest absolute Gasteiger partial charge is 0.339 e. The maximum absolute atomic E-state index is 11.1. The van der Waals surface area contributed by atoms with Gasteiger partial charge < -0.3 is 10.4 Å². The fraction of sp³-hybridized carbons (Fsp3) is 0.273. The second kappa shape index (κ2) is 5.54. The molecule has 2 aromatic heterocycles. The van der Waals surface area contributed by atoms with Crippen molar-refractivity contribution in [3.63, 3.8) is 0 Å². The van der Waals surface area contributed by atoms with Crippen LogP contribution in [0.15, 0.2) is 23.8 Å². The van der Waals surface area contributed by atoms with Gasteiger partial charge in [-0.2, -0.15) is 5.10 Å². The van der Waals surface area contributed by atoms with Crippen molar-refractivity contribution in [1.29, 1.82) is 0 Å². The molecule has 0 aliphatic carbocycles. The molecule has 0 aromatic carbocycles. The highest BCUT2D eigenvalue weighted by Gasteiger charge is 2.17. The maximum atomic E-state index is 11.1. The topological polar surface area (TPSA) is 88.0 Å². The summed E-state index contributed by atoms with van der Waals surface area (Å²) in [6.07, 6.45) is 3.86. The Bertz CT molecular complexity index is 530. The van der Waals surface area contributed by atoms with Crippen LogP contribution in [0.2, 0.25) is 0 Å². The van der Waals surface area contributed by atoms with E-state index < -0.39 is 5.97 Å². The number of carboxylic acid groups (broad SMARTS) is 1. The van der Waals surface area contributed by atoms with Crippen LogP contribution in [0.4, 0.5) is 5.82 Å². The molecule has 7 heteroatoms. The Morgan fingerprint density at radius 1 is 1.56 bits per heavy atom. The van der Waals surface area contributed by atoms with Gasteiger partial charge in [0.1, 0.15) is 10.6 Å². The van der Waals surface area contributed by atoms with E-state index in [0.717, 1.165) is 11.4 Å². The molecule has 6 nitrogen and oxygen atoms in total. The van der Waals surface area contributed by atoms with Crippen LogP contribution in [0.1, 0.15) is 34.8 Å². The molecule has 2 aromatic rings. The number of nitrogens with zero attached hydrogens (tertiary/aromatic N) is 3. The Hall–Kier alpha value is -2.02. The molecule has 0 spiro atoms. The predicted octanol–water partition coefficient (Wildman–Crippen LogP) is 2.19. The Labute approximate surface area is 108 Å². The zero-order valence-corrected chi connectivity index (χ0v) is 10.5. The second-order valence-electron chi connectivity index (χ2n) is 3.57. The van der Waals surface area contributed by atoms with E-state index in [1.54, 1.807) is 6.20 Å². The molecule has 18 heavy (non-hydrogen) atoms. The van der Waals surface area contributed by atoms with Crippen molar-refractivity contribution in [2.45, 2.75) is 19.4 Å². The highest BCUT2D eigenvalue weighted by molar-refractivity contribution is 7.09. The van der Waals surface area contributed by atoms with E-state index in [1.807, 2.05) is 12.3 Å². The molecular weight excluding hydrogens is 252 g/mol. The average Bonchev–Trinajstić information content (AvgIpc) is 2.90. The zero-order chi connectivity index (χ0) is 13.0. The van der Waals surface area contributed by atoms with Crippen LogP contribution in [-0.4, -0.2) is 26.3 Å². The third-order valence-electron chi connectivity index (χ3n) is 2.42. The number of aromatic nitrogens is 3. The lowest BCUT2D eigenvalue weighted by Crippen LogP contribution is -2.14. The lowest BCUT2D eigenvalue weighted by atomic mass is 10.2. The number of rotatable bonds is 5. The molecule has 2 heterocycles. The number of hydrogen-bond donors (Lipinski definition) is 2. The molecule has 0 saturated heterocycles. The van der Waals surface area contributed by atoms with Crippen LogP contribution < -0.4 is 5.32 Å². The van der Waals surface area contributed by atoms with Crippen LogP contribution in [0.3, 0.4) is 0 Å². The molecule has 0 saturated carbocycles. The van der Waals surface area contributed by atoms with Gasteiger partial charge in [0.2, 0.25) is 0 Å². The minimum Gasteiger partial charge on any atom is -0.478 e. The molecule has 1 unspecified atom stereocenters. The summed E-state index contributed by atoms with van der Waals surface area (Å²) in [5.74, 6) is -0.756. The lowest BCUT2D eigenvalue weighted by Gasteiger charge is -2.15. The third-order valence-corrected chi connectivity index (χ3v) is 3.31. The van der Waals surface area contributed by atoms with E-state index in [0.29, 0.717) is 0 Å². The zero-order valence-electron chi connectivity index (χ0n) is 9.70. The minimum absolute atomic E-state index is 0.0557. The number of carbonyl (C=O) groups is 1. The van der Waals surface area contributed by atoms with Crippen molar-refractivity contribution < 1.29 is 9.90 Å². The van der Waals surface area contributed by atoms with Gasteiger partial charge in [0, 0.05) is 11.6 Å². The SMILES string of the molecule is CCC(Nc1nnccc1C(=O)O)c1nccs1. The predicted molar refractivity (Wildman–Crippen MR) is 67.8 cm³/mol. The van der Waals surface area contributed by atoms with E-state index in [-0.39, 0.29) is 17.4 Å². The van der Waals surface area contributed by atoms with Crippen LogP contribution in [0.25, 0.3) is 0 Å². The first kappa shape index (κ1) is 12.4. The Morgan fingerprint density at radius 3 is 3.00 bits per heavy atom. The van der Waals surface area contributed by atoms with Gasteiger partial charge in [0.05, 0.1) is 12.2 Å². The van der Waals surface area contributed by atoms with Crippen LogP contribution in [-0.2, 0) is 0 Å². The first-order chi connectivity index (χ1) is 8.72. The van der Waals surface area contributed by atoms with Crippen LogP contribution in [0, 0.1) is 0 Å². The van der Waals surface area contributed by atoms with E-state index in [9.17, 15) is 4.79 Å². The Kier molecular flexibility index (Phi) is 3.83. The normalized spacial score (nSPS) is 12.1. The summed E-state index contributed by atoms with van der Waals surface area (Å²) in [5, 5.41) is 22.5. The Balaban J connectivity index is 2.25. The molecular formula is C11H12N4O2S. The molecule has 0 fully saturated rings. The van der Waals surface area contributed by atoms with Crippen molar-refractivity contribution >= 4 is 23.1 Å². The molecule has 0 aliphatic rings. The molecule has 0 radical (unpaired) electrons. The fourth-order valence-corrected chi connectivity index (χ4v) is 2.29.